The lowest BCUT2D eigenvalue weighted by molar-refractivity contribution is -0.150. The predicted molar refractivity (Wildman–Crippen MR) is 102 cm³/mol. The lowest BCUT2D eigenvalue weighted by atomic mass is 9.85. The smallest absolute Gasteiger partial charge is 0.228 e. The van der Waals surface area contributed by atoms with Gasteiger partial charge in [-0.05, 0) is 36.8 Å². The average molecular weight is 398 g/mol. The fourth-order valence-corrected chi connectivity index (χ4v) is 4.72. The topological polar surface area (TPSA) is 56.8 Å². The second kappa shape index (κ2) is 6.79. The molecule has 0 aliphatic carbocycles. The number of nitrogens with zero attached hydrogens (tertiary/aromatic N) is 4. The van der Waals surface area contributed by atoms with Crippen LogP contribution in [0.15, 0.2) is 42.6 Å². The van der Waals surface area contributed by atoms with E-state index in [0.29, 0.717) is 25.3 Å². The van der Waals surface area contributed by atoms with Crippen LogP contribution in [0.25, 0.3) is 0 Å². The van der Waals surface area contributed by atoms with E-state index in [2.05, 4.69) is 9.88 Å². The van der Waals surface area contributed by atoms with Crippen LogP contribution in [0.5, 0.6) is 0 Å². The van der Waals surface area contributed by atoms with E-state index < -0.39 is 5.95 Å². The van der Waals surface area contributed by atoms with E-state index in [4.69, 9.17) is 0 Å². The number of hydrogen-bond donors (Lipinski definition) is 0. The van der Waals surface area contributed by atoms with E-state index in [1.54, 1.807) is 23.1 Å². The number of benzene rings is 1. The first-order chi connectivity index (χ1) is 14.0. The van der Waals surface area contributed by atoms with Crippen molar-refractivity contribution in [3.05, 3.63) is 54.4 Å². The Labute approximate surface area is 166 Å². The molecule has 2 bridgehead atoms. The number of hydrogen-bond acceptors (Lipinski definition) is 4. The van der Waals surface area contributed by atoms with Gasteiger partial charge in [0.15, 0.2) is 0 Å². The number of fused-ring (bicyclic) bond motifs is 2. The van der Waals surface area contributed by atoms with E-state index in [0.717, 1.165) is 12.1 Å². The first kappa shape index (κ1) is 18.0. The van der Waals surface area contributed by atoms with Crippen LogP contribution in [-0.4, -0.2) is 53.4 Å². The van der Waals surface area contributed by atoms with Crippen molar-refractivity contribution in [3.63, 3.8) is 0 Å². The fourth-order valence-electron chi connectivity index (χ4n) is 4.72. The number of carbonyl (C=O) groups is 2. The SMILES string of the molecule is O=C1CC(C(=O)N2C3CC2CN(c2ccnc(F)c2)C3)CN1c1ccc(F)cc1. The van der Waals surface area contributed by atoms with Gasteiger partial charge < -0.3 is 14.7 Å². The molecule has 2 amide bonds. The fraction of sp³-hybridized carbons (Fsp3) is 0.381. The molecule has 4 aliphatic rings. The number of halogens is 2. The summed E-state index contributed by atoms with van der Waals surface area (Å²) >= 11 is 0. The molecule has 4 fully saturated rings. The highest BCUT2D eigenvalue weighted by molar-refractivity contribution is 6.00. The summed E-state index contributed by atoms with van der Waals surface area (Å²) in [6.45, 7) is 1.61. The summed E-state index contributed by atoms with van der Waals surface area (Å²) < 4.78 is 26.6. The Morgan fingerprint density at radius 3 is 2.41 bits per heavy atom. The van der Waals surface area contributed by atoms with Crippen LogP contribution >= 0.6 is 0 Å². The number of amides is 2. The molecule has 4 aliphatic heterocycles. The second-order valence-corrected chi connectivity index (χ2v) is 7.91. The zero-order chi connectivity index (χ0) is 20.1. The molecule has 0 N–H and O–H groups in total. The summed E-state index contributed by atoms with van der Waals surface area (Å²) in [5.41, 5.74) is 1.39. The van der Waals surface area contributed by atoms with Crippen LogP contribution in [0.4, 0.5) is 20.2 Å². The minimum absolute atomic E-state index is 0.00442. The Balaban J connectivity index is 1.26. The van der Waals surface area contributed by atoms with Gasteiger partial charge >= 0.3 is 0 Å². The molecule has 0 spiro atoms. The second-order valence-electron chi connectivity index (χ2n) is 7.91. The monoisotopic (exact) mass is 398 g/mol. The van der Waals surface area contributed by atoms with Gasteiger partial charge in [0.2, 0.25) is 17.8 Å². The van der Waals surface area contributed by atoms with Gasteiger partial charge in [-0.15, -0.1) is 0 Å². The van der Waals surface area contributed by atoms with Gasteiger partial charge in [0, 0.05) is 49.7 Å². The molecule has 3 unspecified atom stereocenters. The summed E-state index contributed by atoms with van der Waals surface area (Å²) in [7, 11) is 0. The first-order valence-corrected chi connectivity index (χ1v) is 9.74. The van der Waals surface area contributed by atoms with Crippen LogP contribution in [0.2, 0.25) is 0 Å². The normalized spacial score (nSPS) is 25.9. The number of piperazine rings is 1. The molecular formula is C21H20F2N4O2. The Morgan fingerprint density at radius 2 is 1.72 bits per heavy atom. The molecule has 6 rings (SSSR count). The molecule has 5 heterocycles. The van der Waals surface area contributed by atoms with Gasteiger partial charge in [0.25, 0.3) is 0 Å². The maximum atomic E-state index is 13.4. The highest BCUT2D eigenvalue weighted by Gasteiger charge is 2.50. The Kier molecular flexibility index (Phi) is 4.22. The highest BCUT2D eigenvalue weighted by Crippen LogP contribution is 2.37. The van der Waals surface area contributed by atoms with Crippen molar-refractivity contribution < 1.29 is 18.4 Å². The van der Waals surface area contributed by atoms with E-state index in [1.807, 2.05) is 4.90 Å². The van der Waals surface area contributed by atoms with Crippen LogP contribution < -0.4 is 9.80 Å². The highest BCUT2D eigenvalue weighted by atomic mass is 19.1. The van der Waals surface area contributed by atoms with E-state index >= 15 is 0 Å². The molecule has 8 heteroatoms. The molecule has 6 nitrogen and oxygen atoms in total. The standard InChI is InChI=1S/C21H20F2N4O2/c22-14-1-3-15(4-2-14)26-10-13(7-20(26)28)21(29)27-17-8-18(27)12-25(11-17)16-5-6-24-19(23)9-16/h1-6,9,13,17-18H,7-8,10-12H2. The van der Waals surface area contributed by atoms with Crippen molar-refractivity contribution in [3.8, 4) is 0 Å². The number of carbonyl (C=O) groups excluding carboxylic acids is 2. The largest absolute Gasteiger partial charge is 0.367 e. The molecule has 0 radical (unpaired) electrons. The van der Waals surface area contributed by atoms with Crippen molar-refractivity contribution >= 4 is 23.2 Å². The lowest BCUT2D eigenvalue weighted by Gasteiger charge is -2.57. The van der Waals surface area contributed by atoms with Gasteiger partial charge in [-0.3, -0.25) is 9.59 Å². The Hall–Kier alpha value is -3.03. The number of pyridine rings is 1. The summed E-state index contributed by atoms with van der Waals surface area (Å²) in [5.74, 6) is -1.37. The quantitative estimate of drug-likeness (QED) is 0.744. The molecule has 2 aromatic rings. The molecule has 0 saturated carbocycles. The van der Waals surface area contributed by atoms with Gasteiger partial charge in [-0.25, -0.2) is 9.37 Å². The van der Waals surface area contributed by atoms with Crippen LogP contribution in [-0.2, 0) is 9.59 Å². The minimum atomic E-state index is -0.514. The van der Waals surface area contributed by atoms with Gasteiger partial charge in [-0.1, -0.05) is 0 Å². The Bertz CT molecular complexity index is 955. The molecule has 29 heavy (non-hydrogen) atoms. The molecular weight excluding hydrogens is 378 g/mol. The lowest BCUT2D eigenvalue weighted by Crippen LogP contribution is -2.71. The number of rotatable bonds is 3. The number of aromatic nitrogens is 1. The van der Waals surface area contributed by atoms with E-state index in [1.165, 1.54) is 24.4 Å². The van der Waals surface area contributed by atoms with E-state index in [-0.39, 0.29) is 42.1 Å². The molecule has 3 atom stereocenters. The van der Waals surface area contributed by atoms with E-state index in [9.17, 15) is 18.4 Å². The van der Waals surface area contributed by atoms with Crippen molar-refractivity contribution in [2.75, 3.05) is 29.4 Å². The van der Waals surface area contributed by atoms with Crippen LogP contribution in [0.1, 0.15) is 12.8 Å². The van der Waals surface area contributed by atoms with Crippen molar-refractivity contribution in [2.45, 2.75) is 24.9 Å². The van der Waals surface area contributed by atoms with Gasteiger partial charge in [-0.2, -0.15) is 4.39 Å². The zero-order valence-electron chi connectivity index (χ0n) is 15.7. The van der Waals surface area contributed by atoms with Gasteiger partial charge in [0.05, 0.1) is 18.0 Å². The summed E-state index contributed by atoms with van der Waals surface area (Å²) in [4.78, 5) is 34.7. The molecule has 4 saturated heterocycles. The average Bonchev–Trinajstić information content (AvgIpc) is 3.10. The maximum absolute atomic E-state index is 13.4. The molecule has 1 aromatic heterocycles. The summed E-state index contributed by atoms with van der Waals surface area (Å²) in [5, 5.41) is 0. The third-order valence-corrected chi connectivity index (χ3v) is 6.14. The Morgan fingerprint density at radius 1 is 1.00 bits per heavy atom. The van der Waals surface area contributed by atoms with Crippen molar-refractivity contribution in [1.29, 1.82) is 0 Å². The van der Waals surface area contributed by atoms with Crippen LogP contribution in [0.3, 0.4) is 0 Å². The predicted octanol–water partition coefficient (Wildman–Crippen LogP) is 2.20. The minimum Gasteiger partial charge on any atom is -0.367 e. The first-order valence-electron chi connectivity index (χ1n) is 9.74. The van der Waals surface area contributed by atoms with Gasteiger partial charge in [0.1, 0.15) is 5.82 Å². The molecule has 150 valence electrons. The van der Waals surface area contributed by atoms with Crippen molar-refractivity contribution in [1.82, 2.24) is 9.88 Å². The maximum Gasteiger partial charge on any atom is 0.228 e. The third kappa shape index (κ3) is 3.12. The van der Waals surface area contributed by atoms with Crippen molar-refractivity contribution in [2.24, 2.45) is 5.92 Å². The summed E-state index contributed by atoms with van der Waals surface area (Å²) in [6, 6.07) is 9.08. The zero-order valence-corrected chi connectivity index (χ0v) is 15.7. The summed E-state index contributed by atoms with van der Waals surface area (Å²) in [6.07, 6.45) is 2.55. The van der Waals surface area contributed by atoms with Crippen LogP contribution in [0, 0.1) is 17.7 Å². The number of piperidine rings is 1. The number of anilines is 2. The molecule has 1 aromatic carbocycles. The third-order valence-electron chi connectivity index (χ3n) is 6.14.